The summed E-state index contributed by atoms with van der Waals surface area (Å²) in [6.07, 6.45) is 11.5. The molecule has 0 radical (unpaired) electrons. The van der Waals surface area contributed by atoms with Crippen molar-refractivity contribution in [2.45, 2.75) is 70.5 Å². The SMILES string of the molecule is CCC1CCCCCN1c1ncc(CNC2CC2)s1. The van der Waals surface area contributed by atoms with E-state index in [9.17, 15) is 0 Å². The number of hydrogen-bond donors (Lipinski definition) is 1. The van der Waals surface area contributed by atoms with Gasteiger partial charge in [0.1, 0.15) is 0 Å². The Morgan fingerprint density at radius 3 is 3.00 bits per heavy atom. The summed E-state index contributed by atoms with van der Waals surface area (Å²) in [5.41, 5.74) is 0. The van der Waals surface area contributed by atoms with Crippen LogP contribution in [0.25, 0.3) is 0 Å². The molecule has 1 aromatic heterocycles. The van der Waals surface area contributed by atoms with Crippen LogP contribution in [0.3, 0.4) is 0 Å². The van der Waals surface area contributed by atoms with Crippen LogP contribution in [0.5, 0.6) is 0 Å². The van der Waals surface area contributed by atoms with Crippen LogP contribution < -0.4 is 10.2 Å². The average molecular weight is 279 g/mol. The van der Waals surface area contributed by atoms with E-state index in [1.807, 2.05) is 11.3 Å². The first-order chi connectivity index (χ1) is 9.36. The third kappa shape index (κ3) is 3.48. The monoisotopic (exact) mass is 279 g/mol. The van der Waals surface area contributed by atoms with Gasteiger partial charge in [0.05, 0.1) is 0 Å². The highest BCUT2D eigenvalue weighted by atomic mass is 32.1. The molecule has 4 heteroatoms. The van der Waals surface area contributed by atoms with E-state index in [0.29, 0.717) is 6.04 Å². The van der Waals surface area contributed by atoms with Gasteiger partial charge in [-0.2, -0.15) is 0 Å². The van der Waals surface area contributed by atoms with Crippen LogP contribution in [0.15, 0.2) is 6.20 Å². The minimum atomic E-state index is 0.706. The summed E-state index contributed by atoms with van der Waals surface area (Å²) >= 11 is 1.89. The molecule has 2 fully saturated rings. The number of hydrogen-bond acceptors (Lipinski definition) is 4. The lowest BCUT2D eigenvalue weighted by Crippen LogP contribution is -2.34. The molecule has 2 aliphatic rings. The second kappa shape index (κ2) is 6.23. The summed E-state index contributed by atoms with van der Waals surface area (Å²) in [6.45, 7) is 4.51. The predicted octanol–water partition coefficient (Wildman–Crippen LogP) is 3.55. The van der Waals surface area contributed by atoms with E-state index in [0.717, 1.165) is 12.6 Å². The second-order valence-electron chi connectivity index (χ2n) is 5.87. The van der Waals surface area contributed by atoms with Crippen LogP contribution >= 0.6 is 11.3 Å². The molecule has 1 N–H and O–H groups in total. The van der Waals surface area contributed by atoms with Crippen LogP contribution in [0, 0.1) is 0 Å². The van der Waals surface area contributed by atoms with Crippen molar-refractivity contribution in [1.29, 1.82) is 0 Å². The first kappa shape index (κ1) is 13.4. The Hall–Kier alpha value is -0.610. The van der Waals surface area contributed by atoms with Gasteiger partial charge in [0.2, 0.25) is 0 Å². The quantitative estimate of drug-likeness (QED) is 0.893. The van der Waals surface area contributed by atoms with Crippen molar-refractivity contribution >= 4 is 16.5 Å². The van der Waals surface area contributed by atoms with Crippen LogP contribution in [0.4, 0.5) is 5.13 Å². The van der Waals surface area contributed by atoms with E-state index < -0.39 is 0 Å². The fourth-order valence-corrected chi connectivity index (χ4v) is 3.86. The summed E-state index contributed by atoms with van der Waals surface area (Å²) in [6, 6.07) is 1.49. The molecule has 0 amide bonds. The smallest absolute Gasteiger partial charge is 0.185 e. The summed E-state index contributed by atoms with van der Waals surface area (Å²) in [5, 5.41) is 4.83. The molecule has 1 aliphatic carbocycles. The van der Waals surface area contributed by atoms with Crippen molar-refractivity contribution in [3.63, 3.8) is 0 Å². The number of rotatable bonds is 5. The largest absolute Gasteiger partial charge is 0.345 e. The van der Waals surface area contributed by atoms with Gasteiger partial charge in [0.25, 0.3) is 0 Å². The van der Waals surface area contributed by atoms with Crippen molar-refractivity contribution < 1.29 is 0 Å². The number of thiazole rings is 1. The lowest BCUT2D eigenvalue weighted by molar-refractivity contribution is 0.555. The highest BCUT2D eigenvalue weighted by Crippen LogP contribution is 2.30. The van der Waals surface area contributed by atoms with Gasteiger partial charge in [-0.05, 0) is 32.1 Å². The van der Waals surface area contributed by atoms with Crippen LogP contribution in [0.1, 0.15) is 56.7 Å². The van der Waals surface area contributed by atoms with Gasteiger partial charge in [0.15, 0.2) is 5.13 Å². The molecular formula is C15H25N3S. The molecule has 19 heavy (non-hydrogen) atoms. The van der Waals surface area contributed by atoms with Gasteiger partial charge < -0.3 is 10.2 Å². The molecule has 1 saturated heterocycles. The van der Waals surface area contributed by atoms with Crippen molar-refractivity contribution in [1.82, 2.24) is 10.3 Å². The topological polar surface area (TPSA) is 28.2 Å². The van der Waals surface area contributed by atoms with Crippen LogP contribution in [0.2, 0.25) is 0 Å². The van der Waals surface area contributed by atoms with Crippen molar-refractivity contribution in [3.8, 4) is 0 Å². The Morgan fingerprint density at radius 2 is 2.21 bits per heavy atom. The van der Waals surface area contributed by atoms with Crippen molar-refractivity contribution in [3.05, 3.63) is 11.1 Å². The van der Waals surface area contributed by atoms with Crippen molar-refractivity contribution in [2.24, 2.45) is 0 Å². The Bertz CT molecular complexity index is 400. The number of nitrogens with zero attached hydrogens (tertiary/aromatic N) is 2. The lowest BCUT2D eigenvalue weighted by atomic mass is 10.1. The molecule has 1 aliphatic heterocycles. The summed E-state index contributed by atoms with van der Waals surface area (Å²) in [7, 11) is 0. The van der Waals surface area contributed by atoms with Gasteiger partial charge >= 0.3 is 0 Å². The molecule has 2 heterocycles. The lowest BCUT2D eigenvalue weighted by Gasteiger charge is -2.28. The zero-order valence-electron chi connectivity index (χ0n) is 11.9. The van der Waals surface area contributed by atoms with Gasteiger partial charge in [-0.3, -0.25) is 0 Å². The minimum absolute atomic E-state index is 0.706. The molecule has 3 rings (SSSR count). The molecule has 3 nitrogen and oxygen atoms in total. The van der Waals surface area contributed by atoms with E-state index in [1.54, 1.807) is 0 Å². The fourth-order valence-electron chi connectivity index (χ4n) is 2.90. The number of aromatic nitrogens is 1. The summed E-state index contributed by atoms with van der Waals surface area (Å²) < 4.78 is 0. The van der Waals surface area contributed by atoms with Gasteiger partial charge in [-0.15, -0.1) is 11.3 Å². The molecule has 0 aromatic carbocycles. The molecule has 1 aromatic rings. The first-order valence-electron chi connectivity index (χ1n) is 7.81. The zero-order valence-corrected chi connectivity index (χ0v) is 12.7. The maximum atomic E-state index is 4.68. The van der Waals surface area contributed by atoms with E-state index in [-0.39, 0.29) is 0 Å². The number of nitrogens with one attached hydrogen (secondary N) is 1. The van der Waals surface area contributed by atoms with E-state index in [1.165, 1.54) is 61.5 Å². The van der Waals surface area contributed by atoms with E-state index in [4.69, 9.17) is 0 Å². The summed E-state index contributed by atoms with van der Waals surface area (Å²) in [4.78, 5) is 8.64. The Kier molecular flexibility index (Phi) is 4.38. The van der Waals surface area contributed by atoms with E-state index in [2.05, 4.69) is 28.3 Å². The van der Waals surface area contributed by atoms with Gasteiger partial charge in [0, 0.05) is 36.2 Å². The third-order valence-electron chi connectivity index (χ3n) is 4.28. The Labute approximate surface area is 120 Å². The van der Waals surface area contributed by atoms with Gasteiger partial charge in [-0.25, -0.2) is 4.98 Å². The molecule has 1 saturated carbocycles. The Morgan fingerprint density at radius 1 is 1.32 bits per heavy atom. The third-order valence-corrected chi connectivity index (χ3v) is 5.31. The summed E-state index contributed by atoms with van der Waals surface area (Å²) in [5.74, 6) is 0. The molecule has 1 unspecified atom stereocenters. The van der Waals surface area contributed by atoms with Crippen LogP contribution in [-0.4, -0.2) is 23.6 Å². The minimum Gasteiger partial charge on any atom is -0.345 e. The van der Waals surface area contributed by atoms with E-state index >= 15 is 0 Å². The van der Waals surface area contributed by atoms with Gasteiger partial charge in [-0.1, -0.05) is 19.8 Å². The Balaban J connectivity index is 1.64. The molecule has 0 spiro atoms. The highest BCUT2D eigenvalue weighted by molar-refractivity contribution is 7.15. The molecule has 1 atom stereocenters. The predicted molar refractivity (Wildman–Crippen MR) is 81.9 cm³/mol. The normalized spacial score (nSPS) is 24.5. The fraction of sp³-hybridized carbons (Fsp3) is 0.800. The maximum absolute atomic E-state index is 4.68. The number of anilines is 1. The molecule has 0 bridgehead atoms. The van der Waals surface area contributed by atoms with Crippen molar-refractivity contribution in [2.75, 3.05) is 11.4 Å². The zero-order chi connectivity index (χ0) is 13.1. The second-order valence-corrected chi connectivity index (χ2v) is 6.96. The van der Waals surface area contributed by atoms with Crippen LogP contribution in [-0.2, 0) is 6.54 Å². The molecule has 106 valence electrons. The highest BCUT2D eigenvalue weighted by Gasteiger charge is 2.23. The maximum Gasteiger partial charge on any atom is 0.185 e. The first-order valence-corrected chi connectivity index (χ1v) is 8.63. The average Bonchev–Trinajstić information content (AvgIpc) is 3.19. The standard InChI is InChI=1S/C15H25N3S/c1-2-13-6-4-3-5-9-18(13)15-17-11-14(19-15)10-16-12-7-8-12/h11-13,16H,2-10H2,1H3. The molecular weight excluding hydrogens is 254 g/mol.